The molecule has 1 aromatic heterocycles. The molecule has 0 amide bonds. The van der Waals surface area contributed by atoms with Gasteiger partial charge in [0.2, 0.25) is 0 Å². The fourth-order valence-corrected chi connectivity index (χ4v) is 2.49. The number of hydrogen-bond acceptors (Lipinski definition) is 3. The van der Waals surface area contributed by atoms with Gasteiger partial charge >= 0.3 is 0 Å². The number of halogens is 1. The molecule has 1 N–H and O–H groups in total. The third-order valence-corrected chi connectivity index (χ3v) is 3.79. The highest BCUT2D eigenvalue weighted by Gasteiger charge is 2.10. The Balaban J connectivity index is 1.89. The third kappa shape index (κ3) is 4.69. The first-order chi connectivity index (χ1) is 9.44. The Hall–Kier alpha value is -1.26. The Bertz CT molecular complexity index is 560. The van der Waals surface area contributed by atoms with Crippen LogP contribution in [0.4, 0.5) is 4.39 Å². The second-order valence-corrected chi connectivity index (χ2v) is 6.71. The molecule has 108 valence electrons. The van der Waals surface area contributed by atoms with Gasteiger partial charge in [-0.2, -0.15) is 0 Å². The minimum Gasteiger partial charge on any atom is -0.464 e. The lowest BCUT2D eigenvalue weighted by atomic mass is 10.1. The molecule has 2 aromatic rings. The summed E-state index contributed by atoms with van der Waals surface area (Å²) >= 11 is 1.45. The van der Waals surface area contributed by atoms with Gasteiger partial charge in [-0.15, -0.1) is 11.8 Å². The van der Waals surface area contributed by atoms with Crippen molar-refractivity contribution in [3.63, 3.8) is 0 Å². The molecule has 20 heavy (non-hydrogen) atoms. The van der Waals surface area contributed by atoms with Gasteiger partial charge in [0.25, 0.3) is 0 Å². The third-order valence-electron chi connectivity index (χ3n) is 2.72. The van der Waals surface area contributed by atoms with Gasteiger partial charge in [0.05, 0.1) is 12.3 Å². The minimum absolute atomic E-state index is 0.0644. The van der Waals surface area contributed by atoms with E-state index in [0.29, 0.717) is 17.2 Å². The summed E-state index contributed by atoms with van der Waals surface area (Å²) < 4.78 is 19.2. The molecule has 0 saturated heterocycles. The highest BCUT2D eigenvalue weighted by atomic mass is 32.2. The van der Waals surface area contributed by atoms with Gasteiger partial charge in [-0.3, -0.25) is 0 Å². The number of benzene rings is 1. The van der Waals surface area contributed by atoms with Gasteiger partial charge in [-0.25, -0.2) is 4.39 Å². The zero-order valence-corrected chi connectivity index (χ0v) is 12.9. The van der Waals surface area contributed by atoms with Crippen LogP contribution in [0.15, 0.2) is 45.7 Å². The van der Waals surface area contributed by atoms with Gasteiger partial charge in [0.1, 0.15) is 17.3 Å². The van der Waals surface area contributed by atoms with Crippen molar-refractivity contribution < 1.29 is 8.81 Å². The zero-order chi connectivity index (χ0) is 14.6. The van der Waals surface area contributed by atoms with E-state index >= 15 is 0 Å². The second kappa shape index (κ2) is 6.46. The smallest absolute Gasteiger partial charge is 0.136 e. The molecule has 1 aromatic carbocycles. The Morgan fingerprint density at radius 3 is 2.50 bits per heavy atom. The van der Waals surface area contributed by atoms with Gasteiger partial charge in [0, 0.05) is 10.4 Å². The quantitative estimate of drug-likeness (QED) is 0.816. The predicted octanol–water partition coefficient (Wildman–Crippen LogP) is 4.60. The molecule has 1 heterocycles. The van der Waals surface area contributed by atoms with Crippen LogP contribution >= 0.6 is 11.8 Å². The average molecular weight is 293 g/mol. The number of rotatable bonds is 5. The van der Waals surface area contributed by atoms with E-state index in [9.17, 15) is 4.39 Å². The highest BCUT2D eigenvalue weighted by molar-refractivity contribution is 7.98. The molecule has 0 aliphatic carbocycles. The van der Waals surface area contributed by atoms with Crippen molar-refractivity contribution in [3.8, 4) is 0 Å². The largest absolute Gasteiger partial charge is 0.464 e. The maximum Gasteiger partial charge on any atom is 0.136 e. The molecule has 0 atom stereocenters. The number of nitrogens with one attached hydrogen (secondary N) is 1. The summed E-state index contributed by atoms with van der Waals surface area (Å²) in [5, 5.41) is 3.37. The lowest BCUT2D eigenvalue weighted by Crippen LogP contribution is -2.34. The molecular weight excluding hydrogens is 273 g/mol. The molecule has 0 spiro atoms. The van der Waals surface area contributed by atoms with Crippen LogP contribution in [-0.2, 0) is 12.3 Å². The minimum atomic E-state index is -0.182. The highest BCUT2D eigenvalue weighted by Crippen LogP contribution is 2.26. The molecule has 2 nitrogen and oxygen atoms in total. The van der Waals surface area contributed by atoms with Crippen molar-refractivity contribution >= 4 is 11.8 Å². The summed E-state index contributed by atoms with van der Waals surface area (Å²) in [6.45, 7) is 7.05. The van der Waals surface area contributed by atoms with Crippen molar-refractivity contribution in [2.75, 3.05) is 0 Å². The lowest BCUT2D eigenvalue weighted by Gasteiger charge is -2.19. The van der Waals surface area contributed by atoms with Crippen molar-refractivity contribution in [1.29, 1.82) is 0 Å². The molecule has 0 aliphatic heterocycles. The first-order valence-corrected chi connectivity index (χ1v) is 7.62. The predicted molar refractivity (Wildman–Crippen MR) is 81.3 cm³/mol. The maximum absolute atomic E-state index is 13.5. The molecule has 4 heteroatoms. The molecule has 0 saturated carbocycles. The van der Waals surface area contributed by atoms with Gasteiger partial charge in [-0.05, 0) is 45.0 Å². The van der Waals surface area contributed by atoms with Crippen LogP contribution in [-0.4, -0.2) is 5.54 Å². The van der Waals surface area contributed by atoms with Crippen molar-refractivity contribution in [3.05, 3.63) is 53.7 Å². The lowest BCUT2D eigenvalue weighted by molar-refractivity contribution is 0.382. The van der Waals surface area contributed by atoms with Crippen LogP contribution in [0.2, 0.25) is 0 Å². The standard InChI is InChI=1S/C16H20FNOS/c1-16(2,3)18-10-12-8-9-13(19-12)11-20-15-7-5-4-6-14(15)17/h4-9,18H,10-11H2,1-3H3. The van der Waals surface area contributed by atoms with Gasteiger partial charge in [-0.1, -0.05) is 12.1 Å². The molecular formula is C16H20FNOS. The summed E-state index contributed by atoms with van der Waals surface area (Å²) in [6.07, 6.45) is 0. The molecule has 0 bridgehead atoms. The van der Waals surface area contributed by atoms with E-state index in [-0.39, 0.29) is 11.4 Å². The topological polar surface area (TPSA) is 25.2 Å². The number of furan rings is 1. The Labute approximate surface area is 123 Å². The molecule has 0 unspecified atom stereocenters. The molecule has 0 aliphatic rings. The monoisotopic (exact) mass is 293 g/mol. The van der Waals surface area contributed by atoms with E-state index in [4.69, 9.17) is 4.42 Å². The van der Waals surface area contributed by atoms with Gasteiger partial charge in [0.15, 0.2) is 0 Å². The van der Waals surface area contributed by atoms with Crippen LogP contribution in [0.1, 0.15) is 32.3 Å². The van der Waals surface area contributed by atoms with Crippen LogP contribution in [0.3, 0.4) is 0 Å². The van der Waals surface area contributed by atoms with Crippen LogP contribution in [0, 0.1) is 5.82 Å². The van der Waals surface area contributed by atoms with Crippen LogP contribution < -0.4 is 5.32 Å². The van der Waals surface area contributed by atoms with E-state index in [1.807, 2.05) is 18.2 Å². The Morgan fingerprint density at radius 2 is 1.80 bits per heavy atom. The summed E-state index contributed by atoms with van der Waals surface area (Å²) in [7, 11) is 0. The molecule has 2 rings (SSSR count). The van der Waals surface area contributed by atoms with E-state index in [1.165, 1.54) is 17.8 Å². The SMILES string of the molecule is CC(C)(C)NCc1ccc(CSc2ccccc2F)o1. The van der Waals surface area contributed by atoms with Crippen molar-refractivity contribution in [2.45, 2.75) is 43.5 Å². The fraction of sp³-hybridized carbons (Fsp3) is 0.375. The van der Waals surface area contributed by atoms with E-state index in [0.717, 1.165) is 11.5 Å². The van der Waals surface area contributed by atoms with Crippen molar-refractivity contribution in [2.24, 2.45) is 0 Å². The van der Waals surface area contributed by atoms with E-state index in [1.54, 1.807) is 12.1 Å². The summed E-state index contributed by atoms with van der Waals surface area (Å²) in [6, 6.07) is 10.7. The van der Waals surface area contributed by atoms with E-state index in [2.05, 4.69) is 26.1 Å². The molecule has 0 radical (unpaired) electrons. The second-order valence-electron chi connectivity index (χ2n) is 5.69. The fourth-order valence-electron chi connectivity index (χ4n) is 1.66. The molecule has 0 fully saturated rings. The van der Waals surface area contributed by atoms with Crippen molar-refractivity contribution in [1.82, 2.24) is 5.32 Å². The van der Waals surface area contributed by atoms with Gasteiger partial charge < -0.3 is 9.73 Å². The maximum atomic E-state index is 13.5. The number of hydrogen-bond donors (Lipinski definition) is 1. The average Bonchev–Trinajstić information content (AvgIpc) is 2.83. The Morgan fingerprint density at radius 1 is 1.10 bits per heavy atom. The number of thioether (sulfide) groups is 1. The van der Waals surface area contributed by atoms with Crippen LogP contribution in [0.25, 0.3) is 0 Å². The summed E-state index contributed by atoms with van der Waals surface area (Å²) in [5.74, 6) is 2.22. The van der Waals surface area contributed by atoms with E-state index < -0.39 is 0 Å². The zero-order valence-electron chi connectivity index (χ0n) is 12.1. The first kappa shape index (κ1) is 15.1. The Kier molecular flexibility index (Phi) is 4.89. The normalized spacial score (nSPS) is 11.8. The first-order valence-electron chi connectivity index (χ1n) is 6.64. The summed E-state index contributed by atoms with van der Waals surface area (Å²) in [5.41, 5.74) is 0.0644. The summed E-state index contributed by atoms with van der Waals surface area (Å²) in [4.78, 5) is 0.651. The van der Waals surface area contributed by atoms with Crippen LogP contribution in [0.5, 0.6) is 0 Å².